The summed E-state index contributed by atoms with van der Waals surface area (Å²) in [7, 11) is 0. The first-order valence-electron chi connectivity index (χ1n) is 4.15. The summed E-state index contributed by atoms with van der Waals surface area (Å²) in [6.07, 6.45) is 5.00. The van der Waals surface area contributed by atoms with Crippen molar-refractivity contribution in [1.29, 1.82) is 0 Å². The average Bonchev–Trinajstić information content (AvgIpc) is 2.00. The van der Waals surface area contributed by atoms with Crippen LogP contribution in [0.25, 0.3) is 6.08 Å². The van der Waals surface area contributed by atoms with Gasteiger partial charge in [-0.15, -0.1) is 18.6 Å². The third-order valence-corrected chi connectivity index (χ3v) is 2.05. The van der Waals surface area contributed by atoms with Gasteiger partial charge in [-0.05, 0) is 0 Å². The largest absolute Gasteiger partial charge is 0.330 e. The van der Waals surface area contributed by atoms with Crippen LogP contribution in [0.15, 0.2) is 6.07 Å². The second kappa shape index (κ2) is 5.72. The van der Waals surface area contributed by atoms with Crippen molar-refractivity contribution in [1.82, 2.24) is 0 Å². The predicted octanol–water partition coefficient (Wildman–Crippen LogP) is 3.25. The molecule has 0 heterocycles. The van der Waals surface area contributed by atoms with Gasteiger partial charge in [0, 0.05) is 32.7 Å². The summed E-state index contributed by atoms with van der Waals surface area (Å²) in [4.78, 5) is 0. The monoisotopic (exact) mass is 247 g/mol. The van der Waals surface area contributed by atoms with Crippen molar-refractivity contribution in [3.8, 4) is 0 Å². The Hall–Kier alpha value is 0.0639. The first kappa shape index (κ1) is 13.1. The average molecular weight is 247 g/mol. The molecule has 0 saturated carbocycles. The molecular formula is C12H14Y-2. The van der Waals surface area contributed by atoms with Crippen LogP contribution in [0.2, 0.25) is 0 Å². The fourth-order valence-corrected chi connectivity index (χ4v) is 1.28. The van der Waals surface area contributed by atoms with Gasteiger partial charge in [-0.1, -0.05) is 20.8 Å². The van der Waals surface area contributed by atoms with Crippen LogP contribution in [0, 0.1) is 32.9 Å². The van der Waals surface area contributed by atoms with E-state index in [1.165, 1.54) is 16.7 Å². The summed E-state index contributed by atoms with van der Waals surface area (Å²) in [5, 5.41) is 0. The quantitative estimate of drug-likeness (QED) is 0.668. The molecule has 0 N–H and O–H groups in total. The van der Waals surface area contributed by atoms with E-state index in [1.807, 2.05) is 13.0 Å². The van der Waals surface area contributed by atoms with Gasteiger partial charge in [0.25, 0.3) is 0 Å². The summed E-state index contributed by atoms with van der Waals surface area (Å²) in [6.45, 7) is 8.22. The van der Waals surface area contributed by atoms with Crippen molar-refractivity contribution in [2.24, 2.45) is 0 Å². The zero-order chi connectivity index (χ0) is 9.14. The van der Waals surface area contributed by atoms with Crippen LogP contribution < -0.4 is 0 Å². The fourth-order valence-electron chi connectivity index (χ4n) is 1.28. The maximum absolute atomic E-state index is 3.30. The zero-order valence-corrected chi connectivity index (χ0v) is 11.6. The van der Waals surface area contributed by atoms with E-state index >= 15 is 0 Å². The number of aryl methyl sites for hydroxylation is 2. The van der Waals surface area contributed by atoms with E-state index in [4.69, 9.17) is 0 Å². The predicted molar refractivity (Wildman–Crippen MR) is 52.9 cm³/mol. The normalized spacial score (nSPS) is 10.2. The second-order valence-electron chi connectivity index (χ2n) is 3.11. The van der Waals surface area contributed by atoms with Crippen molar-refractivity contribution in [3.05, 3.63) is 40.5 Å². The summed E-state index contributed by atoms with van der Waals surface area (Å²) in [5.41, 5.74) is 4.98. The molecular weight excluding hydrogens is 233 g/mol. The van der Waals surface area contributed by atoms with Crippen LogP contribution in [0.4, 0.5) is 0 Å². The number of rotatable bonds is 1. The van der Waals surface area contributed by atoms with Gasteiger partial charge in [0.15, 0.2) is 0 Å². The van der Waals surface area contributed by atoms with Gasteiger partial charge in [0.2, 0.25) is 0 Å². The van der Waals surface area contributed by atoms with Crippen LogP contribution in [-0.2, 0) is 32.7 Å². The molecule has 0 fully saturated rings. The van der Waals surface area contributed by atoms with Gasteiger partial charge in [-0.2, -0.15) is 5.56 Å². The molecule has 0 aliphatic rings. The van der Waals surface area contributed by atoms with E-state index < -0.39 is 0 Å². The maximum Gasteiger partial charge on any atom is 0 e. The molecule has 0 aromatic heterocycles. The minimum Gasteiger partial charge on any atom is -0.330 e. The van der Waals surface area contributed by atoms with E-state index in [9.17, 15) is 0 Å². The van der Waals surface area contributed by atoms with E-state index in [0.29, 0.717) is 0 Å². The summed E-state index contributed by atoms with van der Waals surface area (Å²) in [6, 6.07) is 5.45. The number of allylic oxidation sites excluding steroid dienone is 1. The number of hydrogen-bond donors (Lipinski definition) is 0. The Morgan fingerprint density at radius 3 is 2.46 bits per heavy atom. The van der Waals surface area contributed by atoms with Gasteiger partial charge in [-0.3, -0.25) is 0 Å². The standard InChI is InChI=1S/C12H14.Y/c1-5-6-12-8-9(2)7-10(3)11(12)4;/h6-7H,1-4H3;/q-2;. The minimum atomic E-state index is 0. The maximum atomic E-state index is 3.30. The summed E-state index contributed by atoms with van der Waals surface area (Å²) >= 11 is 0. The Morgan fingerprint density at radius 1 is 1.31 bits per heavy atom. The van der Waals surface area contributed by atoms with E-state index in [-0.39, 0.29) is 32.7 Å². The summed E-state index contributed by atoms with van der Waals surface area (Å²) in [5.74, 6) is 0. The molecule has 0 nitrogen and oxygen atoms in total. The molecule has 0 amide bonds. The van der Waals surface area contributed by atoms with Crippen molar-refractivity contribution in [3.63, 3.8) is 0 Å². The Morgan fingerprint density at radius 2 is 1.92 bits per heavy atom. The molecule has 1 rings (SSSR count). The molecule has 1 aromatic rings. The van der Waals surface area contributed by atoms with Crippen molar-refractivity contribution in [2.45, 2.75) is 27.7 Å². The Labute approximate surface area is 106 Å². The molecule has 1 radical (unpaired) electrons. The Kier molecular flexibility index (Phi) is 5.75. The third-order valence-electron chi connectivity index (χ3n) is 2.05. The smallest absolute Gasteiger partial charge is 0 e. The molecule has 0 unspecified atom stereocenters. The van der Waals surface area contributed by atoms with Gasteiger partial charge >= 0.3 is 0 Å². The van der Waals surface area contributed by atoms with Crippen LogP contribution in [0.5, 0.6) is 0 Å². The van der Waals surface area contributed by atoms with E-state index in [0.717, 1.165) is 5.56 Å². The first-order chi connectivity index (χ1) is 5.65. The van der Waals surface area contributed by atoms with Crippen molar-refractivity contribution < 1.29 is 32.7 Å². The fraction of sp³-hybridized carbons (Fsp3) is 0.333. The number of hydrogen-bond acceptors (Lipinski definition) is 0. The number of benzene rings is 1. The molecule has 0 bridgehead atoms. The van der Waals surface area contributed by atoms with Gasteiger partial charge in [0.05, 0.1) is 0 Å². The molecule has 1 aromatic carbocycles. The van der Waals surface area contributed by atoms with Crippen LogP contribution in [0.3, 0.4) is 0 Å². The molecule has 0 aliphatic heterocycles. The van der Waals surface area contributed by atoms with Crippen molar-refractivity contribution in [2.75, 3.05) is 0 Å². The molecule has 13 heavy (non-hydrogen) atoms. The van der Waals surface area contributed by atoms with E-state index in [2.05, 4.69) is 39.0 Å². The van der Waals surface area contributed by atoms with Crippen LogP contribution >= 0.6 is 0 Å². The molecule has 0 spiro atoms. The molecule has 67 valence electrons. The topological polar surface area (TPSA) is 0 Å². The minimum absolute atomic E-state index is 0. The summed E-state index contributed by atoms with van der Waals surface area (Å²) < 4.78 is 0. The van der Waals surface area contributed by atoms with Crippen molar-refractivity contribution >= 4 is 6.08 Å². The van der Waals surface area contributed by atoms with Gasteiger partial charge in [0.1, 0.15) is 0 Å². The molecule has 0 saturated heterocycles. The molecule has 1 heteroatoms. The van der Waals surface area contributed by atoms with Gasteiger partial charge in [-0.25, -0.2) is 11.6 Å². The van der Waals surface area contributed by atoms with Crippen LogP contribution in [-0.4, -0.2) is 0 Å². The first-order valence-corrected chi connectivity index (χ1v) is 4.15. The Bertz CT molecular complexity index is 311. The molecule has 0 atom stereocenters. The molecule has 0 aliphatic carbocycles. The Balaban J connectivity index is 0.00000144. The third kappa shape index (κ3) is 3.36. The van der Waals surface area contributed by atoms with Gasteiger partial charge < -0.3 is 17.7 Å². The van der Waals surface area contributed by atoms with E-state index in [1.54, 1.807) is 0 Å². The SMILES string of the molecule is C[C-]=Cc1[c-]c(C)cc(C)c1C.[Y]. The van der Waals surface area contributed by atoms with Crippen LogP contribution in [0.1, 0.15) is 29.2 Å². The second-order valence-corrected chi connectivity index (χ2v) is 3.11. The zero-order valence-electron chi connectivity index (χ0n) is 8.73.